The van der Waals surface area contributed by atoms with Crippen LogP contribution in [0.3, 0.4) is 0 Å². The Hall–Kier alpha value is -0.330. The number of rotatable bonds is 2. The standard InChI is InChI=1S/C7H11N/c1-5-6-3-7(5,6)4-8-2/h5-6H,2-4H2,1H3. The fraction of sp³-hybridized carbons (Fsp3) is 0.857. The van der Waals surface area contributed by atoms with Crippen molar-refractivity contribution in [3.05, 3.63) is 0 Å². The zero-order valence-electron chi connectivity index (χ0n) is 5.22. The summed E-state index contributed by atoms with van der Waals surface area (Å²) in [5.41, 5.74) is 0.696. The van der Waals surface area contributed by atoms with E-state index in [9.17, 15) is 0 Å². The van der Waals surface area contributed by atoms with Gasteiger partial charge in [0.05, 0.1) is 0 Å². The molecule has 2 aliphatic carbocycles. The molecule has 0 amide bonds. The van der Waals surface area contributed by atoms with Crippen LogP contribution in [0.5, 0.6) is 0 Å². The molecule has 2 rings (SSSR count). The Morgan fingerprint density at radius 2 is 2.50 bits per heavy atom. The van der Waals surface area contributed by atoms with Crippen LogP contribution < -0.4 is 0 Å². The van der Waals surface area contributed by atoms with Crippen molar-refractivity contribution < 1.29 is 0 Å². The van der Waals surface area contributed by atoms with Crippen LogP contribution in [-0.4, -0.2) is 13.3 Å². The van der Waals surface area contributed by atoms with Gasteiger partial charge in [0, 0.05) is 6.54 Å². The molecule has 0 N–H and O–H groups in total. The molecule has 8 heavy (non-hydrogen) atoms. The quantitative estimate of drug-likeness (QED) is 0.474. The maximum Gasteiger partial charge on any atom is 0.0444 e. The van der Waals surface area contributed by atoms with Crippen LogP contribution in [0, 0.1) is 17.3 Å². The van der Waals surface area contributed by atoms with Crippen molar-refractivity contribution in [2.45, 2.75) is 13.3 Å². The van der Waals surface area contributed by atoms with E-state index in [-0.39, 0.29) is 0 Å². The lowest BCUT2D eigenvalue weighted by Crippen LogP contribution is -1.97. The van der Waals surface area contributed by atoms with Crippen LogP contribution in [0.4, 0.5) is 0 Å². The third-order valence-corrected chi connectivity index (χ3v) is 2.99. The van der Waals surface area contributed by atoms with Crippen molar-refractivity contribution in [2.75, 3.05) is 6.54 Å². The van der Waals surface area contributed by atoms with Gasteiger partial charge in [-0.05, 0) is 30.4 Å². The molecule has 0 saturated heterocycles. The van der Waals surface area contributed by atoms with Gasteiger partial charge in [0.2, 0.25) is 0 Å². The zero-order valence-corrected chi connectivity index (χ0v) is 5.22. The highest BCUT2D eigenvalue weighted by atomic mass is 14.9. The summed E-state index contributed by atoms with van der Waals surface area (Å²) in [6.07, 6.45) is 1.44. The lowest BCUT2D eigenvalue weighted by Gasteiger charge is -2.00. The van der Waals surface area contributed by atoms with Crippen LogP contribution in [0.1, 0.15) is 13.3 Å². The Kier molecular flexibility index (Phi) is 0.565. The minimum Gasteiger partial charge on any atom is -0.300 e. The van der Waals surface area contributed by atoms with Gasteiger partial charge in [-0.2, -0.15) is 0 Å². The van der Waals surface area contributed by atoms with Gasteiger partial charge in [-0.1, -0.05) is 6.92 Å². The van der Waals surface area contributed by atoms with Gasteiger partial charge in [-0.15, -0.1) is 0 Å². The Morgan fingerprint density at radius 3 is 2.62 bits per heavy atom. The Balaban J connectivity index is 1.99. The van der Waals surface area contributed by atoms with Crippen LogP contribution in [0.15, 0.2) is 4.99 Å². The van der Waals surface area contributed by atoms with E-state index in [1.165, 1.54) is 6.42 Å². The van der Waals surface area contributed by atoms with E-state index in [0.29, 0.717) is 5.41 Å². The van der Waals surface area contributed by atoms with E-state index in [2.05, 4.69) is 18.6 Å². The molecule has 2 saturated carbocycles. The normalized spacial score (nSPS) is 57.1. The fourth-order valence-corrected chi connectivity index (χ4v) is 1.89. The van der Waals surface area contributed by atoms with Crippen LogP contribution in [0.2, 0.25) is 0 Å². The Bertz CT molecular complexity index is 135. The maximum absolute atomic E-state index is 3.91. The molecule has 0 heterocycles. The van der Waals surface area contributed by atoms with Crippen molar-refractivity contribution in [1.29, 1.82) is 0 Å². The first kappa shape index (κ1) is 4.54. The smallest absolute Gasteiger partial charge is 0.0444 e. The van der Waals surface area contributed by atoms with Gasteiger partial charge in [0.25, 0.3) is 0 Å². The second-order valence-electron chi connectivity index (χ2n) is 3.21. The molecular formula is C7H11N. The van der Waals surface area contributed by atoms with E-state index < -0.39 is 0 Å². The molecule has 1 heteroatoms. The summed E-state index contributed by atoms with van der Waals surface area (Å²) in [7, 11) is 0. The van der Waals surface area contributed by atoms with Crippen molar-refractivity contribution in [2.24, 2.45) is 22.2 Å². The van der Waals surface area contributed by atoms with Gasteiger partial charge in [0.1, 0.15) is 0 Å². The summed E-state index contributed by atoms with van der Waals surface area (Å²) in [4.78, 5) is 3.91. The molecular weight excluding hydrogens is 98.1 g/mol. The number of nitrogens with zero attached hydrogens (tertiary/aromatic N) is 1. The highest BCUT2D eigenvalue weighted by Gasteiger charge is 2.75. The molecule has 3 atom stereocenters. The largest absolute Gasteiger partial charge is 0.300 e. The molecule has 1 nitrogen and oxygen atoms in total. The molecule has 44 valence electrons. The van der Waals surface area contributed by atoms with Crippen LogP contribution in [-0.2, 0) is 0 Å². The van der Waals surface area contributed by atoms with E-state index in [4.69, 9.17) is 0 Å². The van der Waals surface area contributed by atoms with Gasteiger partial charge < -0.3 is 4.99 Å². The fourth-order valence-electron chi connectivity index (χ4n) is 1.89. The third-order valence-electron chi connectivity index (χ3n) is 2.99. The summed E-state index contributed by atoms with van der Waals surface area (Å²) in [6, 6.07) is 0. The summed E-state index contributed by atoms with van der Waals surface area (Å²) in [5.74, 6) is 2.03. The summed E-state index contributed by atoms with van der Waals surface area (Å²) in [5, 5.41) is 0. The van der Waals surface area contributed by atoms with E-state index in [1.807, 2.05) is 0 Å². The predicted molar refractivity (Wildman–Crippen MR) is 34.1 cm³/mol. The maximum atomic E-state index is 3.91. The average molecular weight is 109 g/mol. The molecule has 0 spiro atoms. The summed E-state index contributed by atoms with van der Waals surface area (Å²) in [6.45, 7) is 6.84. The highest BCUT2D eigenvalue weighted by Crippen LogP contribution is 2.79. The van der Waals surface area contributed by atoms with Gasteiger partial charge in [-0.25, -0.2) is 0 Å². The van der Waals surface area contributed by atoms with Crippen molar-refractivity contribution >= 4 is 6.72 Å². The number of fused-ring (bicyclic) bond motifs is 1. The first-order chi connectivity index (χ1) is 3.81. The second kappa shape index (κ2) is 0.996. The highest BCUT2D eigenvalue weighted by molar-refractivity contribution is 5.29. The van der Waals surface area contributed by atoms with Gasteiger partial charge in [0.15, 0.2) is 0 Å². The molecule has 0 aromatic rings. The Labute approximate surface area is 49.8 Å². The molecule has 0 bridgehead atoms. The molecule has 0 aromatic heterocycles. The average Bonchev–Trinajstić information content (AvgIpc) is 2.55. The molecule has 0 aliphatic heterocycles. The van der Waals surface area contributed by atoms with E-state index in [0.717, 1.165) is 18.4 Å². The minimum absolute atomic E-state index is 0.696. The lowest BCUT2D eigenvalue weighted by molar-refractivity contribution is 0.533. The van der Waals surface area contributed by atoms with Gasteiger partial charge in [-0.3, -0.25) is 0 Å². The Morgan fingerprint density at radius 1 is 1.88 bits per heavy atom. The second-order valence-corrected chi connectivity index (χ2v) is 3.21. The first-order valence-corrected chi connectivity index (χ1v) is 3.24. The number of hydrogen-bond donors (Lipinski definition) is 0. The summed E-state index contributed by atoms with van der Waals surface area (Å²) >= 11 is 0. The molecule has 2 fully saturated rings. The molecule has 3 unspecified atom stereocenters. The zero-order chi connectivity index (χ0) is 5.78. The molecule has 0 aromatic carbocycles. The first-order valence-electron chi connectivity index (χ1n) is 3.24. The molecule has 0 radical (unpaired) electrons. The summed E-state index contributed by atoms with van der Waals surface area (Å²) < 4.78 is 0. The van der Waals surface area contributed by atoms with Crippen molar-refractivity contribution in [3.8, 4) is 0 Å². The third kappa shape index (κ3) is 0.289. The van der Waals surface area contributed by atoms with E-state index in [1.54, 1.807) is 0 Å². The topological polar surface area (TPSA) is 12.4 Å². The van der Waals surface area contributed by atoms with Crippen LogP contribution >= 0.6 is 0 Å². The lowest BCUT2D eigenvalue weighted by atomic mass is 10.1. The van der Waals surface area contributed by atoms with Gasteiger partial charge >= 0.3 is 0 Å². The monoisotopic (exact) mass is 109 g/mol. The van der Waals surface area contributed by atoms with Crippen LogP contribution in [0.25, 0.3) is 0 Å². The minimum atomic E-state index is 0.696. The number of aliphatic imine (C=N–C) groups is 1. The van der Waals surface area contributed by atoms with Crippen molar-refractivity contribution in [1.82, 2.24) is 0 Å². The van der Waals surface area contributed by atoms with E-state index >= 15 is 0 Å². The number of hydrogen-bond acceptors (Lipinski definition) is 1. The molecule has 2 aliphatic rings. The SMILES string of the molecule is C=NCC12CC1C2C. The predicted octanol–water partition coefficient (Wildman–Crippen LogP) is 1.34. The van der Waals surface area contributed by atoms with Crippen molar-refractivity contribution in [3.63, 3.8) is 0 Å².